The van der Waals surface area contributed by atoms with E-state index in [4.69, 9.17) is 23.2 Å². The van der Waals surface area contributed by atoms with E-state index >= 15 is 0 Å². The number of phenolic OH excluding ortho intramolecular Hbond substituents is 1. The summed E-state index contributed by atoms with van der Waals surface area (Å²) < 4.78 is 0. The molecule has 0 spiro atoms. The standard InChI is InChI=1S/C18H15Cl2N3O3/c19-12-6-11(16(24)14(20)7-12)8-22-23-18(26)15-13(9-21-17(15)25)10-4-2-1-3-5-10/h1-8,13,15,24H,9H2,(H,21,25)(H,23,26)/b22-8+/t13-,15-/m1/s1. The Labute approximate surface area is 159 Å². The molecule has 134 valence electrons. The van der Waals surface area contributed by atoms with Gasteiger partial charge in [-0.05, 0) is 17.7 Å². The van der Waals surface area contributed by atoms with Crippen molar-refractivity contribution >= 4 is 41.2 Å². The Balaban J connectivity index is 1.74. The van der Waals surface area contributed by atoms with Gasteiger partial charge in [-0.1, -0.05) is 53.5 Å². The Hall–Kier alpha value is -2.57. The van der Waals surface area contributed by atoms with Gasteiger partial charge in [-0.25, -0.2) is 5.43 Å². The molecule has 1 heterocycles. The molecule has 0 aromatic heterocycles. The molecular weight excluding hydrogens is 377 g/mol. The van der Waals surface area contributed by atoms with E-state index in [0.717, 1.165) is 5.56 Å². The molecule has 6 nitrogen and oxygen atoms in total. The van der Waals surface area contributed by atoms with Crippen LogP contribution in [-0.4, -0.2) is 29.7 Å². The van der Waals surface area contributed by atoms with E-state index in [1.165, 1.54) is 18.3 Å². The van der Waals surface area contributed by atoms with Crippen molar-refractivity contribution in [3.8, 4) is 5.75 Å². The number of aromatic hydroxyl groups is 1. The predicted molar refractivity (Wildman–Crippen MR) is 99.5 cm³/mol. The summed E-state index contributed by atoms with van der Waals surface area (Å²) in [6, 6.07) is 12.2. The van der Waals surface area contributed by atoms with Crippen LogP contribution < -0.4 is 10.7 Å². The monoisotopic (exact) mass is 391 g/mol. The Morgan fingerprint density at radius 2 is 2.00 bits per heavy atom. The predicted octanol–water partition coefficient (Wildman–Crippen LogP) is 2.68. The molecule has 0 bridgehead atoms. The molecule has 2 amide bonds. The van der Waals surface area contributed by atoms with Crippen molar-refractivity contribution in [3.63, 3.8) is 0 Å². The molecule has 1 aliphatic rings. The van der Waals surface area contributed by atoms with Crippen molar-refractivity contribution in [2.24, 2.45) is 11.0 Å². The van der Waals surface area contributed by atoms with Gasteiger partial charge in [0.25, 0.3) is 5.91 Å². The molecule has 0 saturated carbocycles. The zero-order chi connectivity index (χ0) is 18.7. The zero-order valence-corrected chi connectivity index (χ0v) is 15.0. The number of amides is 2. The molecule has 1 saturated heterocycles. The molecule has 26 heavy (non-hydrogen) atoms. The maximum Gasteiger partial charge on any atom is 0.253 e. The fourth-order valence-electron chi connectivity index (χ4n) is 2.85. The average Bonchev–Trinajstić information content (AvgIpc) is 3.01. The Morgan fingerprint density at radius 1 is 1.27 bits per heavy atom. The van der Waals surface area contributed by atoms with Crippen LogP contribution in [0.2, 0.25) is 10.0 Å². The van der Waals surface area contributed by atoms with Crippen LogP contribution in [0.4, 0.5) is 0 Å². The van der Waals surface area contributed by atoms with E-state index in [0.29, 0.717) is 11.6 Å². The third-order valence-electron chi connectivity index (χ3n) is 4.13. The molecule has 3 N–H and O–H groups in total. The van der Waals surface area contributed by atoms with Crippen LogP contribution in [0.15, 0.2) is 47.6 Å². The van der Waals surface area contributed by atoms with E-state index in [1.807, 2.05) is 30.3 Å². The second-order valence-electron chi connectivity index (χ2n) is 5.80. The Bertz CT molecular complexity index is 871. The molecule has 2 aromatic rings. The SMILES string of the molecule is O=C1NC[C@H](c2ccccc2)[C@H]1C(=O)N/N=C/c1cc(Cl)cc(Cl)c1O. The minimum absolute atomic E-state index is 0.0737. The molecule has 1 fully saturated rings. The van der Waals surface area contributed by atoms with Gasteiger partial charge >= 0.3 is 0 Å². The van der Waals surface area contributed by atoms with Gasteiger partial charge in [0.2, 0.25) is 5.91 Å². The van der Waals surface area contributed by atoms with Crippen molar-refractivity contribution in [2.45, 2.75) is 5.92 Å². The number of phenols is 1. The molecule has 8 heteroatoms. The third-order valence-corrected chi connectivity index (χ3v) is 4.63. The highest BCUT2D eigenvalue weighted by molar-refractivity contribution is 6.36. The number of hydrazone groups is 1. The zero-order valence-electron chi connectivity index (χ0n) is 13.4. The normalized spacial score (nSPS) is 19.5. The maximum absolute atomic E-state index is 12.4. The van der Waals surface area contributed by atoms with Crippen LogP contribution in [0.1, 0.15) is 17.0 Å². The van der Waals surface area contributed by atoms with Gasteiger partial charge in [-0.3, -0.25) is 9.59 Å². The summed E-state index contributed by atoms with van der Waals surface area (Å²) in [5, 5.41) is 16.8. The highest BCUT2D eigenvalue weighted by atomic mass is 35.5. The molecule has 3 rings (SSSR count). The van der Waals surface area contributed by atoms with Gasteiger partial charge in [0.1, 0.15) is 11.7 Å². The van der Waals surface area contributed by atoms with Crippen LogP contribution in [0.5, 0.6) is 5.75 Å². The average molecular weight is 392 g/mol. The summed E-state index contributed by atoms with van der Waals surface area (Å²) in [5.74, 6) is -2.23. The lowest BCUT2D eigenvalue weighted by molar-refractivity contribution is -0.133. The number of hydrogen-bond acceptors (Lipinski definition) is 4. The first-order chi connectivity index (χ1) is 12.5. The number of rotatable bonds is 4. The van der Waals surface area contributed by atoms with Crippen LogP contribution in [0.25, 0.3) is 0 Å². The van der Waals surface area contributed by atoms with Gasteiger partial charge in [0.15, 0.2) is 0 Å². The lowest BCUT2D eigenvalue weighted by Crippen LogP contribution is -2.34. The van der Waals surface area contributed by atoms with Crippen molar-refractivity contribution in [3.05, 3.63) is 63.6 Å². The molecule has 2 atom stereocenters. The largest absolute Gasteiger partial charge is 0.506 e. The summed E-state index contributed by atoms with van der Waals surface area (Å²) in [6.45, 7) is 0.384. The summed E-state index contributed by atoms with van der Waals surface area (Å²) in [7, 11) is 0. The Kier molecular flexibility index (Phi) is 5.44. The molecular formula is C18H15Cl2N3O3. The second-order valence-corrected chi connectivity index (χ2v) is 6.64. The summed E-state index contributed by atoms with van der Waals surface area (Å²) >= 11 is 11.7. The first-order valence-electron chi connectivity index (χ1n) is 7.81. The fourth-order valence-corrected chi connectivity index (χ4v) is 3.36. The molecule has 0 radical (unpaired) electrons. The minimum atomic E-state index is -0.883. The van der Waals surface area contributed by atoms with E-state index < -0.39 is 11.8 Å². The van der Waals surface area contributed by atoms with E-state index in [-0.39, 0.29) is 28.2 Å². The smallest absolute Gasteiger partial charge is 0.253 e. The van der Waals surface area contributed by atoms with E-state index in [9.17, 15) is 14.7 Å². The molecule has 1 aliphatic heterocycles. The van der Waals surface area contributed by atoms with Gasteiger partial charge in [-0.2, -0.15) is 5.10 Å². The summed E-state index contributed by atoms with van der Waals surface area (Å²) in [6.07, 6.45) is 1.22. The van der Waals surface area contributed by atoms with Crippen molar-refractivity contribution in [1.29, 1.82) is 0 Å². The van der Waals surface area contributed by atoms with Crippen LogP contribution >= 0.6 is 23.2 Å². The van der Waals surface area contributed by atoms with Crippen molar-refractivity contribution < 1.29 is 14.7 Å². The number of halogens is 2. The number of nitrogens with one attached hydrogen (secondary N) is 2. The first-order valence-corrected chi connectivity index (χ1v) is 8.56. The lowest BCUT2D eigenvalue weighted by atomic mass is 9.88. The molecule has 2 aromatic carbocycles. The number of hydrogen-bond donors (Lipinski definition) is 3. The van der Waals surface area contributed by atoms with E-state index in [1.54, 1.807) is 0 Å². The fraction of sp³-hybridized carbons (Fsp3) is 0.167. The quantitative estimate of drug-likeness (QED) is 0.425. The summed E-state index contributed by atoms with van der Waals surface area (Å²) in [5.41, 5.74) is 3.49. The van der Waals surface area contributed by atoms with Gasteiger partial charge in [0.05, 0.1) is 11.2 Å². The topological polar surface area (TPSA) is 90.8 Å². The van der Waals surface area contributed by atoms with E-state index in [2.05, 4.69) is 15.8 Å². The summed E-state index contributed by atoms with van der Waals surface area (Å²) in [4.78, 5) is 24.5. The van der Waals surface area contributed by atoms with Crippen LogP contribution in [-0.2, 0) is 9.59 Å². The highest BCUT2D eigenvalue weighted by Crippen LogP contribution is 2.30. The third kappa shape index (κ3) is 3.81. The van der Waals surface area contributed by atoms with Crippen LogP contribution in [0, 0.1) is 5.92 Å². The molecule has 0 unspecified atom stereocenters. The highest BCUT2D eigenvalue weighted by Gasteiger charge is 2.40. The van der Waals surface area contributed by atoms with Crippen molar-refractivity contribution in [1.82, 2.24) is 10.7 Å². The Morgan fingerprint density at radius 3 is 2.73 bits per heavy atom. The van der Waals surface area contributed by atoms with Gasteiger partial charge in [-0.15, -0.1) is 0 Å². The first kappa shape index (κ1) is 18.2. The van der Waals surface area contributed by atoms with Gasteiger partial charge < -0.3 is 10.4 Å². The van der Waals surface area contributed by atoms with Crippen molar-refractivity contribution in [2.75, 3.05) is 6.54 Å². The van der Waals surface area contributed by atoms with Gasteiger partial charge in [0, 0.05) is 23.0 Å². The number of benzene rings is 2. The maximum atomic E-state index is 12.4. The number of nitrogens with zero attached hydrogens (tertiary/aromatic N) is 1. The second kappa shape index (κ2) is 7.76. The number of carbonyl (C=O) groups excluding carboxylic acids is 2. The number of carbonyl (C=O) groups is 2. The van der Waals surface area contributed by atoms with Crippen LogP contribution in [0.3, 0.4) is 0 Å². The lowest BCUT2D eigenvalue weighted by Gasteiger charge is -2.15. The molecule has 0 aliphatic carbocycles. The minimum Gasteiger partial charge on any atom is -0.506 e.